The SMILES string of the molecule is Cc1ccc(N(c2ccc(C)cc2)c2ccc(-n3c4ccccc4c4c5ccccc5n(-c5ccccc5)c43)cc2)cc1. The van der Waals surface area contributed by atoms with Gasteiger partial charge in [-0.25, -0.2) is 0 Å². The minimum absolute atomic E-state index is 1.12. The molecule has 8 rings (SSSR count). The van der Waals surface area contributed by atoms with Crippen LogP contribution in [0.1, 0.15) is 11.1 Å². The first-order valence-electron chi connectivity index (χ1n) is 14.8. The van der Waals surface area contributed by atoms with Gasteiger partial charge in [-0.05, 0) is 86.6 Å². The highest BCUT2D eigenvalue weighted by molar-refractivity contribution is 6.22. The highest BCUT2D eigenvalue weighted by atomic mass is 15.2. The number of hydrogen-bond donors (Lipinski definition) is 0. The maximum atomic E-state index is 2.42. The van der Waals surface area contributed by atoms with Crippen molar-refractivity contribution < 1.29 is 0 Å². The molecular formula is C40H31N3. The third kappa shape index (κ3) is 4.12. The molecule has 2 heterocycles. The van der Waals surface area contributed by atoms with Crippen LogP contribution in [-0.2, 0) is 0 Å². The predicted molar refractivity (Wildman–Crippen MR) is 182 cm³/mol. The number of aryl methyl sites for hydroxylation is 2. The fraction of sp³-hybridized carbons (Fsp3) is 0.0500. The minimum atomic E-state index is 1.12. The van der Waals surface area contributed by atoms with Crippen molar-refractivity contribution in [3.05, 3.63) is 163 Å². The van der Waals surface area contributed by atoms with Crippen LogP contribution in [0, 0.1) is 13.8 Å². The molecule has 3 nitrogen and oxygen atoms in total. The number of anilines is 3. The van der Waals surface area contributed by atoms with Crippen molar-refractivity contribution in [1.29, 1.82) is 0 Å². The first-order chi connectivity index (χ1) is 21.2. The topological polar surface area (TPSA) is 13.1 Å². The Morgan fingerprint density at radius 2 is 0.791 bits per heavy atom. The molecule has 0 aliphatic rings. The van der Waals surface area contributed by atoms with Gasteiger partial charge < -0.3 is 4.90 Å². The summed E-state index contributed by atoms with van der Waals surface area (Å²) < 4.78 is 4.83. The largest absolute Gasteiger partial charge is 0.311 e. The second-order valence-electron chi connectivity index (χ2n) is 11.3. The second-order valence-corrected chi connectivity index (χ2v) is 11.3. The molecule has 0 radical (unpaired) electrons. The molecule has 0 bridgehead atoms. The summed E-state index contributed by atoms with van der Waals surface area (Å²) in [5.74, 6) is 0. The van der Waals surface area contributed by atoms with Crippen molar-refractivity contribution in [2.45, 2.75) is 13.8 Å². The second kappa shape index (κ2) is 10.1. The van der Waals surface area contributed by atoms with Crippen LogP contribution >= 0.6 is 0 Å². The van der Waals surface area contributed by atoms with E-state index in [1.54, 1.807) is 0 Å². The summed E-state index contributed by atoms with van der Waals surface area (Å²) in [5.41, 5.74) is 11.8. The minimum Gasteiger partial charge on any atom is -0.311 e. The number of nitrogens with zero attached hydrogens (tertiary/aromatic N) is 3. The summed E-state index contributed by atoms with van der Waals surface area (Å²) in [4.78, 5) is 2.33. The fourth-order valence-corrected chi connectivity index (χ4v) is 6.38. The molecule has 0 spiro atoms. The van der Waals surface area contributed by atoms with Crippen LogP contribution < -0.4 is 4.90 Å². The summed E-state index contributed by atoms with van der Waals surface area (Å²) in [6.07, 6.45) is 0. The molecule has 43 heavy (non-hydrogen) atoms. The summed E-state index contributed by atoms with van der Waals surface area (Å²) in [6, 6.07) is 54.7. The van der Waals surface area contributed by atoms with Crippen LogP contribution in [0.3, 0.4) is 0 Å². The zero-order valence-corrected chi connectivity index (χ0v) is 24.3. The van der Waals surface area contributed by atoms with Crippen molar-refractivity contribution in [1.82, 2.24) is 9.13 Å². The molecule has 0 amide bonds. The highest BCUT2D eigenvalue weighted by Crippen LogP contribution is 2.41. The molecule has 206 valence electrons. The Bertz CT molecular complexity index is 2170. The molecule has 8 aromatic rings. The van der Waals surface area contributed by atoms with Gasteiger partial charge >= 0.3 is 0 Å². The van der Waals surface area contributed by atoms with Crippen LogP contribution in [0.15, 0.2) is 152 Å². The zero-order chi connectivity index (χ0) is 28.9. The number of para-hydroxylation sites is 3. The Kier molecular flexibility index (Phi) is 5.90. The number of hydrogen-bond acceptors (Lipinski definition) is 1. The van der Waals surface area contributed by atoms with E-state index in [0.717, 1.165) is 28.4 Å². The van der Waals surface area contributed by atoms with Gasteiger partial charge in [-0.2, -0.15) is 0 Å². The van der Waals surface area contributed by atoms with E-state index in [9.17, 15) is 0 Å². The van der Waals surface area contributed by atoms with Gasteiger partial charge in [-0.3, -0.25) is 9.13 Å². The first-order valence-corrected chi connectivity index (χ1v) is 14.8. The fourth-order valence-electron chi connectivity index (χ4n) is 6.38. The molecule has 0 atom stereocenters. The van der Waals surface area contributed by atoms with Crippen molar-refractivity contribution >= 4 is 49.9 Å². The third-order valence-electron chi connectivity index (χ3n) is 8.44. The van der Waals surface area contributed by atoms with Crippen LogP contribution in [0.5, 0.6) is 0 Å². The average Bonchev–Trinajstić information content (AvgIpc) is 3.56. The molecule has 0 aliphatic carbocycles. The predicted octanol–water partition coefficient (Wildman–Crippen LogP) is 10.8. The Morgan fingerprint density at radius 1 is 0.395 bits per heavy atom. The summed E-state index contributed by atoms with van der Waals surface area (Å²) >= 11 is 0. The van der Waals surface area contributed by atoms with E-state index in [0.29, 0.717) is 0 Å². The monoisotopic (exact) mass is 553 g/mol. The van der Waals surface area contributed by atoms with Gasteiger partial charge in [-0.1, -0.05) is 90.0 Å². The molecule has 0 N–H and O–H groups in total. The highest BCUT2D eigenvalue weighted by Gasteiger charge is 2.22. The maximum absolute atomic E-state index is 2.42. The van der Waals surface area contributed by atoms with Gasteiger partial charge in [0.2, 0.25) is 0 Å². The van der Waals surface area contributed by atoms with Gasteiger partial charge in [0.05, 0.1) is 11.0 Å². The van der Waals surface area contributed by atoms with Crippen LogP contribution in [0.2, 0.25) is 0 Å². The first kappa shape index (κ1) is 25.2. The van der Waals surface area contributed by atoms with Crippen LogP contribution in [-0.4, -0.2) is 9.13 Å². The maximum Gasteiger partial charge on any atom is 0.131 e. The van der Waals surface area contributed by atoms with E-state index in [2.05, 4.69) is 180 Å². The quantitative estimate of drug-likeness (QED) is 0.207. The normalized spacial score (nSPS) is 11.5. The molecule has 0 saturated carbocycles. The number of rotatable bonds is 5. The molecular weight excluding hydrogens is 522 g/mol. The van der Waals surface area contributed by atoms with E-state index in [1.807, 2.05) is 0 Å². The lowest BCUT2D eigenvalue weighted by molar-refractivity contribution is 1.07. The Balaban J connectivity index is 1.36. The van der Waals surface area contributed by atoms with Gasteiger partial charge in [0.25, 0.3) is 0 Å². The summed E-state index contributed by atoms with van der Waals surface area (Å²) in [6.45, 7) is 4.26. The lowest BCUT2D eigenvalue weighted by atomic mass is 10.1. The smallest absolute Gasteiger partial charge is 0.131 e. The third-order valence-corrected chi connectivity index (χ3v) is 8.44. The van der Waals surface area contributed by atoms with E-state index < -0.39 is 0 Å². The average molecular weight is 554 g/mol. The van der Waals surface area contributed by atoms with Crippen molar-refractivity contribution in [3.63, 3.8) is 0 Å². The summed E-state index contributed by atoms with van der Waals surface area (Å²) in [5, 5.41) is 3.80. The van der Waals surface area contributed by atoms with E-state index in [1.165, 1.54) is 44.0 Å². The van der Waals surface area contributed by atoms with Crippen molar-refractivity contribution in [3.8, 4) is 11.4 Å². The van der Waals surface area contributed by atoms with Crippen LogP contribution in [0.25, 0.3) is 44.2 Å². The molecule has 2 aromatic heterocycles. The Labute approximate surface area is 251 Å². The van der Waals surface area contributed by atoms with Gasteiger partial charge in [-0.15, -0.1) is 0 Å². The summed E-state index contributed by atoms with van der Waals surface area (Å²) in [7, 11) is 0. The molecule has 0 fully saturated rings. The van der Waals surface area contributed by atoms with E-state index >= 15 is 0 Å². The Hall–Kier alpha value is -5.54. The van der Waals surface area contributed by atoms with Gasteiger partial charge in [0, 0.05) is 44.6 Å². The van der Waals surface area contributed by atoms with Crippen LogP contribution in [0.4, 0.5) is 17.1 Å². The molecule has 0 aliphatic heterocycles. The number of aromatic nitrogens is 2. The standard InChI is InChI=1S/C40H31N3/c1-28-16-20-31(21-17-28)41(32-22-18-29(2)19-23-32)33-24-26-34(27-25-33)43-38-15-9-7-13-36(38)39-35-12-6-8-14-37(35)42(40(39)43)30-10-4-3-5-11-30/h3-27H,1-2H3. The van der Waals surface area contributed by atoms with Gasteiger partial charge in [0.1, 0.15) is 5.65 Å². The number of benzene rings is 6. The molecule has 6 aromatic carbocycles. The molecule has 0 unspecified atom stereocenters. The zero-order valence-electron chi connectivity index (χ0n) is 24.3. The Morgan fingerprint density at radius 3 is 1.28 bits per heavy atom. The lowest BCUT2D eigenvalue weighted by Gasteiger charge is -2.26. The molecule has 3 heteroatoms. The van der Waals surface area contributed by atoms with Crippen molar-refractivity contribution in [2.75, 3.05) is 4.90 Å². The number of fused-ring (bicyclic) bond motifs is 5. The lowest BCUT2D eigenvalue weighted by Crippen LogP contribution is -2.10. The van der Waals surface area contributed by atoms with Gasteiger partial charge in [0.15, 0.2) is 0 Å². The molecule has 0 saturated heterocycles. The van der Waals surface area contributed by atoms with E-state index in [-0.39, 0.29) is 0 Å². The van der Waals surface area contributed by atoms with E-state index in [4.69, 9.17) is 0 Å². The van der Waals surface area contributed by atoms with Crippen molar-refractivity contribution in [2.24, 2.45) is 0 Å².